The molecule has 0 aliphatic carbocycles. The summed E-state index contributed by atoms with van der Waals surface area (Å²) >= 11 is 0. The predicted octanol–water partition coefficient (Wildman–Crippen LogP) is 1.71. The molecule has 2 N–H and O–H groups in total. The lowest BCUT2D eigenvalue weighted by molar-refractivity contribution is 0.246. The smallest absolute Gasteiger partial charge is 0.150 e. The minimum Gasteiger partial charge on any atom is -0.394 e. The summed E-state index contributed by atoms with van der Waals surface area (Å²) in [5.41, 5.74) is 8.02. The molecule has 2 rings (SSSR count). The zero-order valence-corrected chi connectivity index (χ0v) is 12.7. The molecule has 1 saturated heterocycles. The topological polar surface area (TPSA) is 50.3 Å². The SMILES string of the molecule is CCCn1nc(C)c(N)c1N(C)C1CCCN(C)C1. The molecule has 0 radical (unpaired) electrons. The fourth-order valence-corrected chi connectivity index (χ4v) is 2.95. The van der Waals surface area contributed by atoms with Gasteiger partial charge in [0.25, 0.3) is 0 Å². The monoisotopic (exact) mass is 265 g/mol. The van der Waals surface area contributed by atoms with E-state index >= 15 is 0 Å². The van der Waals surface area contributed by atoms with Gasteiger partial charge in [-0.05, 0) is 39.8 Å². The van der Waals surface area contributed by atoms with Gasteiger partial charge in [0.2, 0.25) is 0 Å². The Hall–Kier alpha value is -1.23. The third-order valence-corrected chi connectivity index (χ3v) is 4.06. The standard InChI is InChI=1S/C14H27N5/c1-5-8-19-14(13(15)11(2)16-19)18(4)12-7-6-9-17(3)10-12/h12H,5-10,15H2,1-4H3. The second kappa shape index (κ2) is 5.82. The molecule has 0 spiro atoms. The Kier molecular flexibility index (Phi) is 4.34. The number of rotatable bonds is 4. The molecule has 0 bridgehead atoms. The highest BCUT2D eigenvalue weighted by molar-refractivity contribution is 5.66. The van der Waals surface area contributed by atoms with Gasteiger partial charge >= 0.3 is 0 Å². The van der Waals surface area contributed by atoms with Gasteiger partial charge in [-0.1, -0.05) is 6.92 Å². The van der Waals surface area contributed by atoms with Gasteiger partial charge in [0, 0.05) is 26.2 Å². The Labute approximate surface area is 116 Å². The number of anilines is 2. The summed E-state index contributed by atoms with van der Waals surface area (Å²) in [6.07, 6.45) is 3.56. The van der Waals surface area contributed by atoms with E-state index in [1.807, 2.05) is 6.92 Å². The highest BCUT2D eigenvalue weighted by Gasteiger charge is 2.25. The largest absolute Gasteiger partial charge is 0.394 e. The third kappa shape index (κ3) is 2.86. The lowest BCUT2D eigenvalue weighted by Gasteiger charge is -2.37. The second-order valence-electron chi connectivity index (χ2n) is 5.72. The van der Waals surface area contributed by atoms with Crippen molar-refractivity contribution in [1.29, 1.82) is 0 Å². The molecule has 19 heavy (non-hydrogen) atoms. The normalized spacial score (nSPS) is 20.7. The Morgan fingerprint density at radius 1 is 1.47 bits per heavy atom. The third-order valence-electron chi connectivity index (χ3n) is 4.06. The second-order valence-corrected chi connectivity index (χ2v) is 5.72. The first-order valence-corrected chi connectivity index (χ1v) is 7.28. The van der Waals surface area contributed by atoms with Crippen LogP contribution in [0.3, 0.4) is 0 Å². The summed E-state index contributed by atoms with van der Waals surface area (Å²) in [6.45, 7) is 7.40. The summed E-state index contributed by atoms with van der Waals surface area (Å²) in [4.78, 5) is 4.73. The van der Waals surface area contributed by atoms with Crippen LogP contribution in [-0.2, 0) is 6.54 Å². The first kappa shape index (κ1) is 14.2. The summed E-state index contributed by atoms with van der Waals surface area (Å²) < 4.78 is 2.07. The number of nitrogen functional groups attached to an aromatic ring is 1. The molecule has 1 aliphatic heterocycles. The number of nitrogens with two attached hydrogens (primary N) is 1. The van der Waals surface area contributed by atoms with Crippen LogP contribution in [0, 0.1) is 6.92 Å². The van der Waals surface area contributed by atoms with Crippen LogP contribution in [0.4, 0.5) is 11.5 Å². The molecule has 1 atom stereocenters. The highest BCUT2D eigenvalue weighted by atomic mass is 15.4. The van der Waals surface area contributed by atoms with Gasteiger partial charge in [0.05, 0.1) is 11.4 Å². The molecular weight excluding hydrogens is 238 g/mol. The van der Waals surface area contributed by atoms with E-state index in [1.165, 1.54) is 19.4 Å². The van der Waals surface area contributed by atoms with Gasteiger partial charge in [0.1, 0.15) is 0 Å². The van der Waals surface area contributed by atoms with Gasteiger partial charge in [0.15, 0.2) is 5.82 Å². The van der Waals surface area contributed by atoms with Gasteiger partial charge < -0.3 is 15.5 Å². The van der Waals surface area contributed by atoms with Crippen LogP contribution in [0.25, 0.3) is 0 Å². The fourth-order valence-electron chi connectivity index (χ4n) is 2.95. The van der Waals surface area contributed by atoms with E-state index in [0.29, 0.717) is 6.04 Å². The van der Waals surface area contributed by atoms with E-state index < -0.39 is 0 Å². The molecule has 108 valence electrons. The van der Waals surface area contributed by atoms with Crippen LogP contribution in [0.15, 0.2) is 0 Å². The van der Waals surface area contributed by atoms with Crippen molar-refractivity contribution in [2.45, 2.75) is 45.7 Å². The zero-order valence-electron chi connectivity index (χ0n) is 12.7. The first-order chi connectivity index (χ1) is 9.04. The zero-order chi connectivity index (χ0) is 14.0. The average Bonchev–Trinajstić information content (AvgIpc) is 2.65. The number of piperidine rings is 1. The average molecular weight is 265 g/mol. The number of hydrogen-bond acceptors (Lipinski definition) is 4. The van der Waals surface area contributed by atoms with Crippen molar-refractivity contribution in [2.75, 3.05) is 37.8 Å². The van der Waals surface area contributed by atoms with Crippen molar-refractivity contribution in [1.82, 2.24) is 14.7 Å². The van der Waals surface area contributed by atoms with Crippen LogP contribution >= 0.6 is 0 Å². The molecule has 1 aliphatic rings. The number of likely N-dealkylation sites (N-methyl/N-ethyl adjacent to an activating group) is 2. The molecule has 1 unspecified atom stereocenters. The summed E-state index contributed by atoms with van der Waals surface area (Å²) in [7, 11) is 4.35. The molecule has 2 heterocycles. The maximum Gasteiger partial charge on any atom is 0.150 e. The van der Waals surface area contributed by atoms with Gasteiger partial charge in [-0.25, -0.2) is 4.68 Å². The van der Waals surface area contributed by atoms with E-state index in [2.05, 4.69) is 40.6 Å². The number of aryl methyl sites for hydroxylation is 2. The quantitative estimate of drug-likeness (QED) is 0.900. The Balaban J connectivity index is 2.24. The molecule has 1 aromatic rings. The molecule has 0 amide bonds. The van der Waals surface area contributed by atoms with E-state index in [1.54, 1.807) is 0 Å². The van der Waals surface area contributed by atoms with Crippen molar-refractivity contribution in [3.05, 3.63) is 5.69 Å². The molecule has 1 aromatic heterocycles. The predicted molar refractivity (Wildman–Crippen MR) is 80.6 cm³/mol. The number of aromatic nitrogens is 2. The summed E-state index contributed by atoms with van der Waals surface area (Å²) in [6, 6.07) is 0.535. The van der Waals surface area contributed by atoms with Crippen LogP contribution in [-0.4, -0.2) is 47.9 Å². The van der Waals surface area contributed by atoms with Crippen LogP contribution in [0.1, 0.15) is 31.9 Å². The van der Waals surface area contributed by atoms with E-state index in [4.69, 9.17) is 5.73 Å². The van der Waals surface area contributed by atoms with Crippen molar-refractivity contribution < 1.29 is 0 Å². The van der Waals surface area contributed by atoms with Crippen molar-refractivity contribution in [3.8, 4) is 0 Å². The summed E-state index contributed by atoms with van der Waals surface area (Å²) in [5.74, 6) is 1.10. The van der Waals surface area contributed by atoms with Crippen LogP contribution in [0.2, 0.25) is 0 Å². The minimum atomic E-state index is 0.535. The number of likely N-dealkylation sites (tertiary alicyclic amines) is 1. The van der Waals surface area contributed by atoms with E-state index in [0.717, 1.165) is 36.7 Å². The van der Waals surface area contributed by atoms with Gasteiger partial charge in [-0.15, -0.1) is 0 Å². The molecular formula is C14H27N5. The Bertz CT molecular complexity index is 426. The van der Waals surface area contributed by atoms with Crippen molar-refractivity contribution >= 4 is 11.5 Å². The van der Waals surface area contributed by atoms with Gasteiger partial charge in [-0.3, -0.25) is 0 Å². The molecule has 0 saturated carbocycles. The van der Waals surface area contributed by atoms with E-state index in [-0.39, 0.29) is 0 Å². The lowest BCUT2D eigenvalue weighted by atomic mass is 10.1. The first-order valence-electron chi connectivity index (χ1n) is 7.28. The number of nitrogens with zero attached hydrogens (tertiary/aromatic N) is 4. The maximum atomic E-state index is 6.24. The highest BCUT2D eigenvalue weighted by Crippen LogP contribution is 2.29. The van der Waals surface area contributed by atoms with E-state index in [9.17, 15) is 0 Å². The minimum absolute atomic E-state index is 0.535. The summed E-state index contributed by atoms with van der Waals surface area (Å²) in [5, 5.41) is 4.57. The Morgan fingerprint density at radius 2 is 2.21 bits per heavy atom. The number of hydrogen-bond donors (Lipinski definition) is 1. The van der Waals surface area contributed by atoms with Crippen molar-refractivity contribution in [3.63, 3.8) is 0 Å². The van der Waals surface area contributed by atoms with Crippen LogP contribution < -0.4 is 10.6 Å². The molecule has 0 aromatic carbocycles. The fraction of sp³-hybridized carbons (Fsp3) is 0.786. The van der Waals surface area contributed by atoms with Crippen molar-refractivity contribution in [2.24, 2.45) is 0 Å². The Morgan fingerprint density at radius 3 is 2.84 bits per heavy atom. The lowest BCUT2D eigenvalue weighted by Crippen LogP contribution is -2.45. The van der Waals surface area contributed by atoms with Gasteiger partial charge in [-0.2, -0.15) is 5.10 Å². The maximum absolute atomic E-state index is 6.24. The molecule has 5 nitrogen and oxygen atoms in total. The van der Waals surface area contributed by atoms with Crippen LogP contribution in [0.5, 0.6) is 0 Å². The molecule has 1 fully saturated rings. The molecule has 5 heteroatoms.